The maximum Gasteiger partial charge on any atom is 2.00 e. The molecule has 35 heavy (non-hydrogen) atoms. The Balaban J connectivity index is 0.000000640. The third kappa shape index (κ3) is 8.53. The van der Waals surface area contributed by atoms with Gasteiger partial charge in [-0.2, -0.15) is 0 Å². The fourth-order valence-corrected chi connectivity index (χ4v) is 5.84. The number of hydrogen-bond donors (Lipinski definition) is 1. The monoisotopic (exact) mass is 549 g/mol. The van der Waals surface area contributed by atoms with Gasteiger partial charge < -0.3 is 0 Å². The first kappa shape index (κ1) is 30.2. The van der Waals surface area contributed by atoms with Crippen LogP contribution in [0.3, 0.4) is 0 Å². The van der Waals surface area contributed by atoms with Crippen molar-refractivity contribution in [2.45, 2.75) is 43.4 Å². The van der Waals surface area contributed by atoms with Crippen LogP contribution in [0.4, 0.5) is 0 Å². The van der Waals surface area contributed by atoms with Crippen LogP contribution >= 0.6 is 0 Å². The summed E-state index contributed by atoms with van der Waals surface area (Å²) in [5.41, 5.74) is 1.78. The summed E-state index contributed by atoms with van der Waals surface area (Å²) in [6.07, 6.45) is 15.5. The zero-order chi connectivity index (χ0) is 24.8. The molecule has 0 aromatic heterocycles. The quantitative estimate of drug-likeness (QED) is 0.497. The molecule has 184 valence electrons. The predicted molar refractivity (Wildman–Crippen MR) is 139 cm³/mol. The molecule has 2 fully saturated rings. The fraction of sp³-hybridized carbons (Fsp3) is 0.214. The predicted octanol–water partition coefficient (Wildman–Crippen LogP) is 5.31. The van der Waals surface area contributed by atoms with Gasteiger partial charge in [0, 0.05) is 21.5 Å². The molecular weight excluding hydrogens is 518 g/mol. The molecule has 1 N–H and O–H groups in total. The van der Waals surface area contributed by atoms with Gasteiger partial charge in [0.15, 0.2) is 0 Å². The Hall–Kier alpha value is -0.981. The van der Waals surface area contributed by atoms with E-state index in [1.54, 1.807) is 24.3 Å². The van der Waals surface area contributed by atoms with E-state index in [1.165, 1.54) is 0 Å². The molecule has 0 bridgehead atoms. The van der Waals surface area contributed by atoms with Crippen molar-refractivity contribution in [3.05, 3.63) is 128 Å². The van der Waals surface area contributed by atoms with Gasteiger partial charge in [-0.25, -0.2) is 13.1 Å². The van der Waals surface area contributed by atoms with Gasteiger partial charge in [-0.05, 0) is 96.8 Å². The summed E-state index contributed by atoms with van der Waals surface area (Å²) in [6, 6.07) is 15.5. The van der Waals surface area contributed by atoms with Crippen LogP contribution in [0.25, 0.3) is 0 Å². The maximum atomic E-state index is 13.1. The average Bonchev–Trinajstić information content (AvgIpc) is 3.52. The molecule has 0 spiro atoms. The van der Waals surface area contributed by atoms with E-state index in [1.807, 2.05) is 109 Å². The van der Waals surface area contributed by atoms with Gasteiger partial charge in [-0.1, -0.05) is 48.0 Å². The molecule has 4 rings (SSSR count). The molecule has 7 heteroatoms. The first-order valence-electron chi connectivity index (χ1n) is 11.1. The van der Waals surface area contributed by atoms with Crippen LogP contribution in [-0.4, -0.2) is 17.4 Å². The Morgan fingerprint density at radius 3 is 1.86 bits per heavy atom. The molecule has 10 radical (unpaired) electrons. The zero-order valence-corrected chi connectivity index (χ0v) is 23.0. The molecule has 2 aromatic rings. The number of benzene rings is 2. The van der Waals surface area contributed by atoms with Gasteiger partial charge in [0.05, 0.1) is 16.2 Å². The molecule has 4 nitrogen and oxygen atoms in total. The molecule has 0 aliphatic heterocycles. The third-order valence-corrected chi connectivity index (χ3v) is 8.49. The van der Waals surface area contributed by atoms with Crippen LogP contribution in [0.5, 0.6) is 0 Å². The summed E-state index contributed by atoms with van der Waals surface area (Å²) in [5, 5.41) is 0.651. The summed E-state index contributed by atoms with van der Waals surface area (Å²) in [4.78, 5) is 0.203. The van der Waals surface area contributed by atoms with E-state index >= 15 is 0 Å². The van der Waals surface area contributed by atoms with Crippen molar-refractivity contribution in [3.63, 3.8) is 0 Å². The van der Waals surface area contributed by atoms with E-state index in [0.29, 0.717) is 11.2 Å². The molecule has 0 heterocycles. The Labute approximate surface area is 226 Å². The van der Waals surface area contributed by atoms with E-state index in [-0.39, 0.29) is 22.0 Å². The Bertz CT molecular complexity index is 1020. The van der Waals surface area contributed by atoms with Crippen LogP contribution < -0.4 is 4.72 Å². The normalized spacial score (nSPS) is 18.9. The summed E-state index contributed by atoms with van der Waals surface area (Å²) >= 11 is 0. The van der Waals surface area contributed by atoms with Crippen LogP contribution in [0, 0.1) is 69.5 Å². The van der Waals surface area contributed by atoms with Gasteiger partial charge in [0.1, 0.15) is 0 Å². The van der Waals surface area contributed by atoms with Gasteiger partial charge in [0.25, 0.3) is 0 Å². The van der Waals surface area contributed by atoms with E-state index < -0.39 is 31.6 Å². The van der Waals surface area contributed by atoms with Crippen LogP contribution in [0.2, 0.25) is 0 Å². The van der Waals surface area contributed by atoms with Crippen LogP contribution in [0.15, 0.2) is 59.5 Å². The van der Waals surface area contributed by atoms with E-state index in [9.17, 15) is 12.6 Å². The number of rotatable bonds is 6. The second kappa shape index (κ2) is 13.5. The largest absolute Gasteiger partial charge is 2.00 e. The summed E-state index contributed by atoms with van der Waals surface area (Å²) in [7, 11) is -5.06. The molecule has 2 saturated carbocycles. The van der Waals surface area contributed by atoms with Crippen molar-refractivity contribution in [1.29, 1.82) is 0 Å². The smallest absolute Gasteiger partial charge is 0.258 e. The summed E-state index contributed by atoms with van der Waals surface area (Å²) in [6.45, 7) is 7.64. The Morgan fingerprint density at radius 1 is 0.800 bits per heavy atom. The summed E-state index contributed by atoms with van der Waals surface area (Å²) < 4.78 is 41.7. The van der Waals surface area contributed by atoms with Gasteiger partial charge >= 0.3 is 17.1 Å². The van der Waals surface area contributed by atoms with E-state index in [4.69, 9.17) is 0 Å². The third-order valence-electron chi connectivity index (χ3n) is 5.17. The van der Waals surface area contributed by atoms with Crippen molar-refractivity contribution in [2.75, 3.05) is 0 Å². The van der Waals surface area contributed by atoms with Crippen molar-refractivity contribution >= 4 is 20.8 Å². The van der Waals surface area contributed by atoms with E-state index in [2.05, 4.69) is 4.72 Å². The number of nitrogens with one attached hydrogen (secondary N) is 1. The van der Waals surface area contributed by atoms with Crippen molar-refractivity contribution in [2.24, 2.45) is 0 Å². The van der Waals surface area contributed by atoms with Crippen molar-refractivity contribution in [1.82, 2.24) is 4.72 Å². The molecule has 2 aromatic carbocycles. The maximum absolute atomic E-state index is 13.1. The van der Waals surface area contributed by atoms with Gasteiger partial charge in [0.2, 0.25) is 10.0 Å². The first-order chi connectivity index (χ1) is 16.1. The molecular formula is C28H31FeNO3S2+2. The topological polar surface area (TPSA) is 63.2 Å². The molecule has 2 aliphatic carbocycles. The number of sulfonamides is 1. The van der Waals surface area contributed by atoms with Gasteiger partial charge in [-0.3, -0.25) is 4.21 Å². The Morgan fingerprint density at radius 2 is 1.34 bits per heavy atom. The van der Waals surface area contributed by atoms with Crippen molar-refractivity contribution in [3.8, 4) is 0 Å². The molecule has 2 aliphatic rings. The fourth-order valence-electron chi connectivity index (χ4n) is 3.37. The molecule has 2 atom stereocenters. The minimum atomic E-state index is -3.78. The second-order valence-electron chi connectivity index (χ2n) is 8.97. The average molecular weight is 550 g/mol. The van der Waals surface area contributed by atoms with Crippen molar-refractivity contribution < 1.29 is 29.7 Å². The van der Waals surface area contributed by atoms with Gasteiger partial charge in [-0.15, -0.1) is 0 Å². The minimum Gasteiger partial charge on any atom is -0.258 e. The SMILES string of the molecule is Cc1ccc(S(=O)(=O)N[C@H]([C]2[CH][CH][CH][C]2[S@@](=O)C(C)(C)C)c2ccccc2)cc1.[CH]1[CH][CH][CH][CH]1.[Fe+2]. The number of hydrogen-bond acceptors (Lipinski definition) is 3. The second-order valence-corrected chi connectivity index (χ2v) is 12.9. The number of aryl methyl sites for hydroxylation is 1. The molecule has 0 saturated heterocycles. The minimum absolute atomic E-state index is 0. The van der Waals surface area contributed by atoms with Crippen LogP contribution in [0.1, 0.15) is 37.9 Å². The van der Waals surface area contributed by atoms with Crippen LogP contribution in [-0.2, 0) is 37.9 Å². The van der Waals surface area contributed by atoms with E-state index in [0.717, 1.165) is 11.1 Å². The first-order valence-corrected chi connectivity index (χ1v) is 13.7. The molecule has 0 unspecified atom stereocenters. The zero-order valence-electron chi connectivity index (χ0n) is 20.3. The standard InChI is InChI=1S/C23H26NO3S2.C5H5.Fe/c1-17-13-15-19(16-14-17)29(26,27)24-22(18-9-6-5-7-10-18)20-11-8-12-21(20)28(25)23(2,3)4;1-2-4-5-3-1;/h5-16,22,24H,1-4H3;1-5H;/q;;+2/t22-,28+;;/m0../s1. The summed E-state index contributed by atoms with van der Waals surface area (Å²) in [5.74, 6) is 0.708. The molecule has 0 amide bonds. The Kier molecular flexibility index (Phi) is 11.7.